The van der Waals surface area contributed by atoms with E-state index < -0.39 is 13.9 Å². The molecule has 0 radical (unpaired) electrons. The molecule has 0 aromatic heterocycles. The van der Waals surface area contributed by atoms with Crippen LogP contribution in [0.5, 0.6) is 0 Å². The Morgan fingerprint density at radius 1 is 1.17 bits per heavy atom. The second-order valence-electron chi connectivity index (χ2n) is 6.72. The van der Waals surface area contributed by atoms with Gasteiger partial charge in [-0.1, -0.05) is 26.2 Å². The molecule has 0 aliphatic rings. The minimum Gasteiger partial charge on any atom is -0.460 e. The lowest BCUT2D eigenvalue weighted by molar-refractivity contribution is -0.870. The molecule has 23 heavy (non-hydrogen) atoms. The fourth-order valence-corrected chi connectivity index (χ4v) is 2.47. The molecule has 0 spiro atoms. The molecular formula is C15H33NO6P+. The number of hydrogen-bond acceptors (Lipinski definition) is 5. The van der Waals surface area contributed by atoms with Crippen molar-refractivity contribution in [3.05, 3.63) is 0 Å². The number of likely N-dealkylation sites (N-methyl/N-ethyl adjacent to an activating group) is 1. The highest BCUT2D eigenvalue weighted by Gasteiger charge is 2.24. The molecule has 0 bridgehead atoms. The van der Waals surface area contributed by atoms with Crippen molar-refractivity contribution in [3.8, 4) is 0 Å². The third kappa shape index (κ3) is 14.8. The normalized spacial score (nSPS) is 15.9. The van der Waals surface area contributed by atoms with Gasteiger partial charge in [-0.05, 0) is 13.3 Å². The van der Waals surface area contributed by atoms with Gasteiger partial charge in [-0.25, -0.2) is 4.57 Å². The zero-order chi connectivity index (χ0) is 17.9. The first-order valence-electron chi connectivity index (χ1n) is 8.17. The Bertz CT molecular complexity index is 383. The highest BCUT2D eigenvalue weighted by Crippen LogP contribution is 2.43. The Kier molecular flexibility index (Phi) is 10.9. The Morgan fingerprint density at radius 2 is 1.83 bits per heavy atom. The van der Waals surface area contributed by atoms with Crippen molar-refractivity contribution in [1.82, 2.24) is 0 Å². The Hall–Kier alpha value is -0.460. The predicted molar refractivity (Wildman–Crippen MR) is 88.9 cm³/mol. The van der Waals surface area contributed by atoms with Crippen LogP contribution < -0.4 is 0 Å². The summed E-state index contributed by atoms with van der Waals surface area (Å²) >= 11 is 0. The lowest BCUT2D eigenvalue weighted by atomic mass is 10.1. The SMILES string of the molecule is CCCCCCC(=O)O[C@H](C)COP(=O)(O)OCC[N+](C)(C)C. The molecule has 8 heteroatoms. The fraction of sp³-hybridized carbons (Fsp3) is 0.933. The van der Waals surface area contributed by atoms with Crippen LogP contribution in [0.4, 0.5) is 0 Å². The first kappa shape index (κ1) is 22.5. The molecular weight excluding hydrogens is 321 g/mol. The quantitative estimate of drug-likeness (QED) is 0.237. The van der Waals surface area contributed by atoms with Crippen molar-refractivity contribution in [2.75, 3.05) is 40.9 Å². The van der Waals surface area contributed by atoms with E-state index in [0.29, 0.717) is 17.4 Å². The van der Waals surface area contributed by atoms with E-state index in [1.165, 1.54) is 0 Å². The minimum atomic E-state index is -4.11. The van der Waals surface area contributed by atoms with Gasteiger partial charge in [0.05, 0.1) is 27.7 Å². The second kappa shape index (κ2) is 11.2. The van der Waals surface area contributed by atoms with E-state index in [4.69, 9.17) is 13.8 Å². The first-order valence-corrected chi connectivity index (χ1v) is 9.67. The maximum Gasteiger partial charge on any atom is 0.472 e. The third-order valence-corrected chi connectivity index (χ3v) is 4.04. The monoisotopic (exact) mass is 354 g/mol. The number of phosphoric ester groups is 1. The summed E-state index contributed by atoms with van der Waals surface area (Å²) in [5.41, 5.74) is 0. The molecule has 138 valence electrons. The van der Waals surface area contributed by atoms with Crippen LogP contribution in [-0.4, -0.2) is 62.4 Å². The Morgan fingerprint density at radius 3 is 2.39 bits per heavy atom. The van der Waals surface area contributed by atoms with Crippen molar-refractivity contribution in [3.63, 3.8) is 0 Å². The molecule has 0 aromatic rings. The molecule has 0 rings (SSSR count). The predicted octanol–water partition coefficient (Wildman–Crippen LogP) is 2.73. The molecule has 0 fully saturated rings. The van der Waals surface area contributed by atoms with Gasteiger partial charge in [0, 0.05) is 6.42 Å². The van der Waals surface area contributed by atoms with E-state index in [1.807, 2.05) is 21.1 Å². The molecule has 0 aliphatic heterocycles. The summed E-state index contributed by atoms with van der Waals surface area (Å²) in [5.74, 6) is -0.309. The lowest BCUT2D eigenvalue weighted by Gasteiger charge is -2.24. The van der Waals surface area contributed by atoms with Gasteiger partial charge in [0.2, 0.25) is 0 Å². The van der Waals surface area contributed by atoms with Crippen LogP contribution in [0.1, 0.15) is 46.0 Å². The van der Waals surface area contributed by atoms with Crippen molar-refractivity contribution in [2.24, 2.45) is 0 Å². The zero-order valence-electron chi connectivity index (χ0n) is 15.1. The molecule has 0 aliphatic carbocycles. The lowest BCUT2D eigenvalue weighted by Crippen LogP contribution is -2.37. The fourth-order valence-electron chi connectivity index (χ4n) is 1.68. The molecule has 0 saturated heterocycles. The summed E-state index contributed by atoms with van der Waals surface area (Å²) in [4.78, 5) is 21.1. The number of rotatable bonds is 13. The first-order chi connectivity index (χ1) is 10.6. The van der Waals surface area contributed by atoms with Gasteiger partial charge in [0.15, 0.2) is 0 Å². The average Bonchev–Trinajstić information content (AvgIpc) is 2.40. The largest absolute Gasteiger partial charge is 0.472 e. The van der Waals surface area contributed by atoms with Crippen LogP contribution in [-0.2, 0) is 23.1 Å². The van der Waals surface area contributed by atoms with Crippen LogP contribution >= 0.6 is 7.82 Å². The smallest absolute Gasteiger partial charge is 0.460 e. The number of hydrogen-bond donors (Lipinski definition) is 1. The van der Waals surface area contributed by atoms with Crippen molar-refractivity contribution in [1.29, 1.82) is 0 Å². The molecule has 0 amide bonds. The molecule has 2 atom stereocenters. The molecule has 1 unspecified atom stereocenters. The third-order valence-electron chi connectivity index (χ3n) is 3.06. The molecule has 0 aromatic carbocycles. The molecule has 1 N–H and O–H groups in total. The topological polar surface area (TPSA) is 82.1 Å². The summed E-state index contributed by atoms with van der Waals surface area (Å²) in [5, 5.41) is 0. The summed E-state index contributed by atoms with van der Waals surface area (Å²) in [6.07, 6.45) is 3.79. The van der Waals surface area contributed by atoms with Crippen LogP contribution in [0.2, 0.25) is 0 Å². The van der Waals surface area contributed by atoms with Crippen molar-refractivity contribution < 1.29 is 32.5 Å². The summed E-state index contributed by atoms with van der Waals surface area (Å²) in [7, 11) is 1.75. The van der Waals surface area contributed by atoms with Crippen LogP contribution in [0.25, 0.3) is 0 Å². The number of carbonyl (C=O) groups is 1. The summed E-state index contributed by atoms with van der Waals surface area (Å²) in [6, 6.07) is 0. The van der Waals surface area contributed by atoms with Gasteiger partial charge in [0.25, 0.3) is 0 Å². The number of ether oxygens (including phenoxy) is 1. The Labute approximate surface area is 140 Å². The van der Waals surface area contributed by atoms with Gasteiger partial charge >= 0.3 is 13.8 Å². The van der Waals surface area contributed by atoms with Crippen molar-refractivity contribution in [2.45, 2.75) is 52.1 Å². The van der Waals surface area contributed by atoms with E-state index in [2.05, 4.69) is 6.92 Å². The van der Waals surface area contributed by atoms with Crippen LogP contribution in [0.15, 0.2) is 0 Å². The average molecular weight is 354 g/mol. The number of esters is 1. The zero-order valence-corrected chi connectivity index (χ0v) is 16.0. The maximum absolute atomic E-state index is 11.7. The van der Waals surface area contributed by atoms with E-state index in [0.717, 1.165) is 25.7 Å². The number of carbonyl (C=O) groups excluding carboxylic acids is 1. The minimum absolute atomic E-state index is 0.114. The molecule has 0 saturated carbocycles. The van der Waals surface area contributed by atoms with Gasteiger partial charge in [-0.3, -0.25) is 13.8 Å². The van der Waals surface area contributed by atoms with Gasteiger partial charge in [0.1, 0.15) is 19.3 Å². The van der Waals surface area contributed by atoms with Gasteiger partial charge in [-0.2, -0.15) is 0 Å². The summed E-state index contributed by atoms with van der Waals surface area (Å²) in [6.45, 7) is 4.25. The molecule has 7 nitrogen and oxygen atoms in total. The number of quaternary nitrogens is 1. The van der Waals surface area contributed by atoms with E-state index in [-0.39, 0.29) is 19.2 Å². The second-order valence-corrected chi connectivity index (χ2v) is 8.18. The molecule has 0 heterocycles. The van der Waals surface area contributed by atoms with E-state index >= 15 is 0 Å². The number of unbranched alkanes of at least 4 members (excludes halogenated alkanes) is 3. The van der Waals surface area contributed by atoms with Crippen LogP contribution in [0, 0.1) is 0 Å². The Balaban J connectivity index is 3.91. The van der Waals surface area contributed by atoms with E-state index in [1.54, 1.807) is 6.92 Å². The number of phosphoric acid groups is 1. The van der Waals surface area contributed by atoms with Gasteiger partial charge < -0.3 is 14.1 Å². The van der Waals surface area contributed by atoms with Gasteiger partial charge in [-0.15, -0.1) is 0 Å². The summed E-state index contributed by atoms with van der Waals surface area (Å²) < 4.78 is 27.2. The highest BCUT2D eigenvalue weighted by molar-refractivity contribution is 7.47. The number of nitrogens with zero attached hydrogens (tertiary/aromatic N) is 1. The standard InChI is InChI=1S/C15H32NO6P/c1-6-7-8-9-10-15(17)22-14(2)13-21-23(18,19)20-12-11-16(3,4)5/h14H,6-13H2,1-5H3/p+1/t14-/m1/s1. The highest BCUT2D eigenvalue weighted by atomic mass is 31.2. The maximum atomic E-state index is 11.7. The van der Waals surface area contributed by atoms with E-state index in [9.17, 15) is 14.3 Å². The van der Waals surface area contributed by atoms with Crippen molar-refractivity contribution >= 4 is 13.8 Å². The van der Waals surface area contributed by atoms with Crippen LogP contribution in [0.3, 0.4) is 0 Å².